The van der Waals surface area contributed by atoms with Gasteiger partial charge < -0.3 is 27.0 Å². The van der Waals surface area contributed by atoms with E-state index in [0.29, 0.717) is 32.5 Å². The highest BCUT2D eigenvalue weighted by Gasteiger charge is 2.22. The molecule has 0 bridgehead atoms. The van der Waals surface area contributed by atoms with Gasteiger partial charge in [-0.05, 0) is 49.1 Å². The lowest BCUT2D eigenvalue weighted by Gasteiger charge is -2.26. The molecule has 0 aliphatic carbocycles. The van der Waals surface area contributed by atoms with Crippen LogP contribution in [0.1, 0.15) is 30.4 Å². The van der Waals surface area contributed by atoms with Crippen LogP contribution in [-0.2, 0) is 17.8 Å². The van der Waals surface area contributed by atoms with Gasteiger partial charge in [0.2, 0.25) is 5.91 Å². The Balaban J connectivity index is 0.00000361. The number of urea groups is 1. The van der Waals surface area contributed by atoms with Gasteiger partial charge in [-0.15, -0.1) is 24.8 Å². The second-order valence-electron chi connectivity index (χ2n) is 8.79. The van der Waals surface area contributed by atoms with E-state index in [1.807, 2.05) is 78.9 Å². The lowest BCUT2D eigenvalue weighted by atomic mass is 10.0. The first kappa shape index (κ1) is 32.9. The van der Waals surface area contributed by atoms with E-state index in [-0.39, 0.29) is 42.8 Å². The lowest BCUT2D eigenvalue weighted by molar-refractivity contribution is -0.123. The zero-order chi connectivity index (χ0) is 25.4. The fourth-order valence-electron chi connectivity index (χ4n) is 3.98. The molecule has 2 atom stereocenters. The van der Waals surface area contributed by atoms with E-state index in [1.165, 1.54) is 0 Å². The molecular formula is C29H39Cl2N5O2. The van der Waals surface area contributed by atoms with Crippen LogP contribution in [0.15, 0.2) is 91.0 Å². The third kappa shape index (κ3) is 12.4. The molecule has 0 saturated heterocycles. The molecule has 7 nitrogen and oxygen atoms in total. The van der Waals surface area contributed by atoms with Gasteiger partial charge >= 0.3 is 6.03 Å². The van der Waals surface area contributed by atoms with Gasteiger partial charge in [0.1, 0.15) is 0 Å². The Bertz CT molecular complexity index is 1040. The van der Waals surface area contributed by atoms with E-state index in [4.69, 9.17) is 5.73 Å². The SMILES string of the molecule is Cl.Cl.NCCCC[C@H](N[C@H](CNC(=O)Nc1ccccc1)Cc1ccccc1)C(=O)NCc1ccccc1. The molecular weight excluding hydrogens is 521 g/mol. The number of nitrogens with two attached hydrogens (primary N) is 1. The number of hydrogen-bond donors (Lipinski definition) is 5. The predicted octanol–water partition coefficient (Wildman–Crippen LogP) is 4.67. The van der Waals surface area contributed by atoms with E-state index in [2.05, 4.69) is 33.4 Å². The first-order valence-electron chi connectivity index (χ1n) is 12.6. The second-order valence-corrected chi connectivity index (χ2v) is 8.79. The number of carbonyl (C=O) groups is 2. The smallest absolute Gasteiger partial charge is 0.319 e. The molecule has 0 aliphatic heterocycles. The summed E-state index contributed by atoms with van der Waals surface area (Å²) in [5, 5.41) is 12.4. The van der Waals surface area contributed by atoms with Crippen molar-refractivity contribution < 1.29 is 9.59 Å². The molecule has 3 aromatic rings. The van der Waals surface area contributed by atoms with Gasteiger partial charge in [-0.2, -0.15) is 0 Å². The van der Waals surface area contributed by atoms with E-state index in [9.17, 15) is 9.59 Å². The van der Waals surface area contributed by atoms with Crippen molar-refractivity contribution in [3.63, 3.8) is 0 Å². The molecule has 3 rings (SSSR count). The number of carbonyl (C=O) groups excluding carboxylic acids is 2. The fourth-order valence-corrected chi connectivity index (χ4v) is 3.98. The Morgan fingerprint density at radius 2 is 1.32 bits per heavy atom. The zero-order valence-corrected chi connectivity index (χ0v) is 23.1. The summed E-state index contributed by atoms with van der Waals surface area (Å²) in [6.45, 7) is 1.43. The lowest BCUT2D eigenvalue weighted by Crippen LogP contribution is -2.52. The largest absolute Gasteiger partial charge is 0.351 e. The first-order chi connectivity index (χ1) is 17.6. The molecule has 38 heavy (non-hydrogen) atoms. The Kier molecular flexibility index (Phi) is 16.5. The van der Waals surface area contributed by atoms with Crippen LogP contribution in [0, 0.1) is 0 Å². The minimum absolute atomic E-state index is 0. The Morgan fingerprint density at radius 3 is 1.92 bits per heavy atom. The van der Waals surface area contributed by atoms with Gasteiger partial charge in [-0.25, -0.2) is 4.79 Å². The van der Waals surface area contributed by atoms with Crippen LogP contribution in [0.2, 0.25) is 0 Å². The third-order valence-electron chi connectivity index (χ3n) is 5.88. The standard InChI is InChI=1S/C29H37N5O2.2ClH/c30-19-11-10-18-27(28(35)31-21-24-14-6-2-7-15-24)33-26(20-23-12-4-1-5-13-23)22-32-29(36)34-25-16-8-3-9-17-25;;/h1-9,12-17,26-27,33H,10-11,18-22,30H2,(H,31,35)(H2,32,34,36);2*1H/t26-,27-;;/m0../s1. The average molecular weight is 561 g/mol. The maximum absolute atomic E-state index is 13.2. The number of unbranched alkanes of at least 4 members (excludes halogenated alkanes) is 1. The zero-order valence-electron chi connectivity index (χ0n) is 21.5. The normalized spacial score (nSPS) is 11.7. The number of para-hydroxylation sites is 1. The van der Waals surface area contributed by atoms with Gasteiger partial charge in [-0.3, -0.25) is 4.79 Å². The summed E-state index contributed by atoms with van der Waals surface area (Å²) < 4.78 is 0. The molecule has 9 heteroatoms. The summed E-state index contributed by atoms with van der Waals surface area (Å²) in [7, 11) is 0. The van der Waals surface area contributed by atoms with Crippen LogP contribution >= 0.6 is 24.8 Å². The minimum Gasteiger partial charge on any atom is -0.351 e. The number of rotatable bonds is 14. The summed E-state index contributed by atoms with van der Waals surface area (Å²) in [6.07, 6.45) is 3.03. The number of nitrogens with one attached hydrogen (secondary N) is 4. The molecule has 0 unspecified atom stereocenters. The Labute approximate surface area is 238 Å². The van der Waals surface area contributed by atoms with Crippen molar-refractivity contribution in [1.82, 2.24) is 16.0 Å². The molecule has 0 aliphatic rings. The molecule has 0 saturated carbocycles. The van der Waals surface area contributed by atoms with Gasteiger partial charge in [0, 0.05) is 24.8 Å². The number of benzene rings is 3. The molecule has 3 amide bonds. The summed E-state index contributed by atoms with van der Waals surface area (Å²) in [4.78, 5) is 25.7. The maximum Gasteiger partial charge on any atom is 0.319 e. The van der Waals surface area contributed by atoms with Crippen LogP contribution in [0.25, 0.3) is 0 Å². The summed E-state index contributed by atoms with van der Waals surface area (Å²) in [5.41, 5.74) is 8.60. The molecule has 0 spiro atoms. The van der Waals surface area contributed by atoms with E-state index in [0.717, 1.165) is 29.7 Å². The van der Waals surface area contributed by atoms with Crippen LogP contribution in [0.4, 0.5) is 10.5 Å². The van der Waals surface area contributed by atoms with Crippen LogP contribution in [-0.4, -0.2) is 37.1 Å². The third-order valence-corrected chi connectivity index (χ3v) is 5.88. The number of halogens is 2. The average Bonchev–Trinajstić information content (AvgIpc) is 2.91. The number of amides is 3. The van der Waals surface area contributed by atoms with Crippen LogP contribution in [0.3, 0.4) is 0 Å². The minimum atomic E-state index is -0.395. The molecule has 3 aromatic carbocycles. The highest BCUT2D eigenvalue weighted by Crippen LogP contribution is 2.09. The summed E-state index contributed by atoms with van der Waals surface area (Å²) in [5.74, 6) is -0.0531. The quantitative estimate of drug-likeness (QED) is 0.185. The van der Waals surface area contributed by atoms with Crippen LogP contribution < -0.4 is 27.0 Å². The van der Waals surface area contributed by atoms with Crippen molar-refractivity contribution in [2.24, 2.45) is 5.73 Å². The second kappa shape index (κ2) is 19.0. The van der Waals surface area contributed by atoms with Gasteiger partial charge in [0.25, 0.3) is 0 Å². The number of anilines is 1. The fraction of sp³-hybridized carbons (Fsp3) is 0.310. The van der Waals surface area contributed by atoms with Gasteiger partial charge in [0.15, 0.2) is 0 Å². The van der Waals surface area contributed by atoms with Crippen molar-refractivity contribution in [1.29, 1.82) is 0 Å². The van der Waals surface area contributed by atoms with Gasteiger partial charge in [0.05, 0.1) is 6.04 Å². The molecule has 0 radical (unpaired) electrons. The molecule has 6 N–H and O–H groups in total. The van der Waals surface area contributed by atoms with Crippen molar-refractivity contribution in [2.75, 3.05) is 18.4 Å². The van der Waals surface area contributed by atoms with Crippen molar-refractivity contribution in [3.05, 3.63) is 102 Å². The molecule has 0 fully saturated rings. The van der Waals surface area contributed by atoms with E-state index in [1.54, 1.807) is 0 Å². The van der Waals surface area contributed by atoms with E-state index >= 15 is 0 Å². The maximum atomic E-state index is 13.2. The summed E-state index contributed by atoms with van der Waals surface area (Å²) >= 11 is 0. The van der Waals surface area contributed by atoms with E-state index < -0.39 is 6.04 Å². The Morgan fingerprint density at radius 1 is 0.737 bits per heavy atom. The van der Waals surface area contributed by atoms with Crippen molar-refractivity contribution >= 4 is 42.4 Å². The van der Waals surface area contributed by atoms with Crippen molar-refractivity contribution in [2.45, 2.75) is 44.3 Å². The Hall–Kier alpha value is -3.10. The highest BCUT2D eigenvalue weighted by atomic mass is 35.5. The topological polar surface area (TPSA) is 108 Å². The van der Waals surface area contributed by atoms with Gasteiger partial charge in [-0.1, -0.05) is 85.3 Å². The monoisotopic (exact) mass is 559 g/mol. The molecule has 0 aromatic heterocycles. The molecule has 0 heterocycles. The first-order valence-corrected chi connectivity index (χ1v) is 12.6. The number of hydrogen-bond acceptors (Lipinski definition) is 4. The predicted molar refractivity (Wildman–Crippen MR) is 160 cm³/mol. The summed E-state index contributed by atoms with van der Waals surface area (Å²) in [6, 6.07) is 28.4. The molecule has 206 valence electrons. The van der Waals surface area contributed by atoms with Crippen molar-refractivity contribution in [3.8, 4) is 0 Å². The highest BCUT2D eigenvalue weighted by molar-refractivity contribution is 5.89. The van der Waals surface area contributed by atoms with Crippen LogP contribution in [0.5, 0.6) is 0 Å².